The molecule has 1 aliphatic heterocycles. The van der Waals surface area contributed by atoms with Gasteiger partial charge in [0.15, 0.2) is 5.11 Å². The number of rotatable bonds is 7. The second-order valence-electron chi connectivity index (χ2n) is 8.55. The summed E-state index contributed by atoms with van der Waals surface area (Å²) in [5, 5.41) is 4.89. The van der Waals surface area contributed by atoms with Crippen LogP contribution in [-0.4, -0.2) is 39.2 Å². The molecule has 2 aromatic heterocycles. The Kier molecular flexibility index (Phi) is 7.24. The van der Waals surface area contributed by atoms with Gasteiger partial charge in [-0.15, -0.1) is 0 Å². The zero-order valence-corrected chi connectivity index (χ0v) is 21.4. The van der Waals surface area contributed by atoms with Crippen molar-refractivity contribution >= 4 is 34.9 Å². The van der Waals surface area contributed by atoms with Crippen molar-refractivity contribution in [3.8, 4) is 5.69 Å². The molecule has 1 aromatic carbocycles. The molecule has 0 amide bonds. The standard InChI is InChI=1S/C26H29ClN4O2S/c1-16-15-19(18(3)31(16)22-11-7-9-20(27)17(22)2)25-24(21-10-5-6-13-28-21)29-26(34)30(25)14-8-12-23(32)33-4/h5-7,9-11,13,15,24-25H,8,12,14H2,1-4H3,(H,29,34)/t24-,25-/m0/s1. The van der Waals surface area contributed by atoms with E-state index < -0.39 is 0 Å². The lowest BCUT2D eigenvalue weighted by Gasteiger charge is -2.28. The van der Waals surface area contributed by atoms with Gasteiger partial charge in [0.2, 0.25) is 0 Å². The van der Waals surface area contributed by atoms with Gasteiger partial charge in [-0.25, -0.2) is 0 Å². The van der Waals surface area contributed by atoms with Gasteiger partial charge in [-0.2, -0.15) is 0 Å². The summed E-state index contributed by atoms with van der Waals surface area (Å²) in [6.45, 7) is 6.91. The van der Waals surface area contributed by atoms with Crippen LogP contribution >= 0.6 is 23.8 Å². The second-order valence-corrected chi connectivity index (χ2v) is 9.34. The molecule has 0 aliphatic carbocycles. The van der Waals surface area contributed by atoms with Crippen LogP contribution in [0.4, 0.5) is 0 Å². The Balaban J connectivity index is 1.78. The summed E-state index contributed by atoms with van der Waals surface area (Å²) in [4.78, 5) is 18.5. The molecule has 1 N–H and O–H groups in total. The van der Waals surface area contributed by atoms with Crippen molar-refractivity contribution in [2.75, 3.05) is 13.7 Å². The molecule has 1 saturated heterocycles. The summed E-state index contributed by atoms with van der Waals surface area (Å²) >= 11 is 12.2. The van der Waals surface area contributed by atoms with E-state index in [1.54, 1.807) is 6.20 Å². The number of aryl methyl sites for hydroxylation is 1. The minimum Gasteiger partial charge on any atom is -0.469 e. The monoisotopic (exact) mass is 496 g/mol. The average molecular weight is 497 g/mol. The number of methoxy groups -OCH3 is 1. The maximum absolute atomic E-state index is 11.7. The zero-order valence-electron chi connectivity index (χ0n) is 19.8. The minimum atomic E-state index is -0.217. The van der Waals surface area contributed by atoms with E-state index in [4.69, 9.17) is 28.6 Å². The van der Waals surface area contributed by atoms with Gasteiger partial charge in [0, 0.05) is 41.3 Å². The number of hydrogen-bond acceptors (Lipinski definition) is 4. The summed E-state index contributed by atoms with van der Waals surface area (Å²) in [7, 11) is 1.41. The molecule has 1 aliphatic rings. The lowest BCUT2D eigenvalue weighted by Crippen LogP contribution is -2.31. The van der Waals surface area contributed by atoms with Gasteiger partial charge < -0.3 is 19.5 Å². The van der Waals surface area contributed by atoms with Crippen LogP contribution in [0, 0.1) is 20.8 Å². The number of carbonyl (C=O) groups is 1. The van der Waals surface area contributed by atoms with Gasteiger partial charge >= 0.3 is 5.97 Å². The maximum Gasteiger partial charge on any atom is 0.305 e. The number of nitrogens with zero attached hydrogens (tertiary/aromatic N) is 3. The smallest absolute Gasteiger partial charge is 0.305 e. The molecule has 0 radical (unpaired) electrons. The molecule has 0 saturated carbocycles. The number of aromatic nitrogens is 2. The minimum absolute atomic E-state index is 0.0699. The second kappa shape index (κ2) is 10.2. The number of hydrogen-bond donors (Lipinski definition) is 1. The first kappa shape index (κ1) is 24.2. The lowest BCUT2D eigenvalue weighted by atomic mass is 9.96. The summed E-state index contributed by atoms with van der Waals surface area (Å²) in [6.07, 6.45) is 2.79. The number of pyridine rings is 1. The van der Waals surface area contributed by atoms with Crippen LogP contribution in [0.25, 0.3) is 5.69 Å². The van der Waals surface area contributed by atoms with E-state index in [2.05, 4.69) is 45.7 Å². The first-order chi connectivity index (χ1) is 16.3. The number of carbonyl (C=O) groups excluding carboxylic acids is 1. The van der Waals surface area contributed by atoms with E-state index in [0.717, 1.165) is 38.9 Å². The van der Waals surface area contributed by atoms with E-state index >= 15 is 0 Å². The van der Waals surface area contributed by atoms with E-state index in [1.165, 1.54) is 7.11 Å². The first-order valence-electron chi connectivity index (χ1n) is 11.3. The van der Waals surface area contributed by atoms with Crippen LogP contribution in [0.15, 0.2) is 48.7 Å². The van der Waals surface area contributed by atoms with Gasteiger partial charge in [-0.3, -0.25) is 9.78 Å². The van der Waals surface area contributed by atoms with Crippen LogP contribution in [0.3, 0.4) is 0 Å². The molecule has 3 heterocycles. The van der Waals surface area contributed by atoms with Crippen LogP contribution in [0.2, 0.25) is 5.02 Å². The average Bonchev–Trinajstić information content (AvgIpc) is 3.31. The number of nitrogens with one attached hydrogen (secondary N) is 1. The van der Waals surface area contributed by atoms with Crippen molar-refractivity contribution in [3.63, 3.8) is 0 Å². The molecule has 178 valence electrons. The van der Waals surface area contributed by atoms with Crippen molar-refractivity contribution in [1.29, 1.82) is 0 Å². The Morgan fingerprint density at radius 3 is 2.71 bits per heavy atom. The quantitative estimate of drug-likeness (QED) is 0.350. The molecular formula is C26H29ClN4O2S. The number of esters is 1. The number of benzene rings is 1. The Morgan fingerprint density at radius 1 is 1.21 bits per heavy atom. The highest BCUT2D eigenvalue weighted by Crippen LogP contribution is 2.42. The molecule has 3 aromatic rings. The van der Waals surface area contributed by atoms with Crippen molar-refractivity contribution in [1.82, 2.24) is 19.8 Å². The molecule has 6 nitrogen and oxygen atoms in total. The largest absolute Gasteiger partial charge is 0.469 e. The molecule has 1 fully saturated rings. The summed E-state index contributed by atoms with van der Waals surface area (Å²) in [5.74, 6) is -0.217. The molecule has 4 rings (SSSR count). The van der Waals surface area contributed by atoms with E-state index in [1.807, 2.05) is 37.3 Å². The molecule has 0 unspecified atom stereocenters. The van der Waals surface area contributed by atoms with Crippen LogP contribution in [0.5, 0.6) is 0 Å². The Bertz CT molecular complexity index is 1210. The summed E-state index contributed by atoms with van der Waals surface area (Å²) in [5.41, 5.74) is 6.43. The maximum atomic E-state index is 11.7. The fourth-order valence-electron chi connectivity index (χ4n) is 4.78. The number of halogens is 1. The topological polar surface area (TPSA) is 59.4 Å². The third kappa shape index (κ3) is 4.55. The zero-order chi connectivity index (χ0) is 24.4. The summed E-state index contributed by atoms with van der Waals surface area (Å²) in [6, 6.07) is 13.9. The van der Waals surface area contributed by atoms with Crippen LogP contribution < -0.4 is 5.32 Å². The predicted molar refractivity (Wildman–Crippen MR) is 138 cm³/mol. The van der Waals surface area contributed by atoms with Gasteiger partial charge in [0.25, 0.3) is 0 Å². The Hall–Kier alpha value is -2.90. The number of thiocarbonyl (C=S) groups is 1. The molecule has 0 bridgehead atoms. The third-order valence-electron chi connectivity index (χ3n) is 6.47. The van der Waals surface area contributed by atoms with E-state index in [-0.39, 0.29) is 18.1 Å². The first-order valence-corrected chi connectivity index (χ1v) is 12.1. The van der Waals surface area contributed by atoms with Crippen LogP contribution in [-0.2, 0) is 9.53 Å². The molecule has 8 heteroatoms. The molecule has 34 heavy (non-hydrogen) atoms. The van der Waals surface area contributed by atoms with Gasteiger partial charge in [0.05, 0.1) is 24.9 Å². The Morgan fingerprint density at radius 2 is 2.00 bits per heavy atom. The molecule has 2 atom stereocenters. The van der Waals surface area contributed by atoms with Gasteiger partial charge in [-0.05, 0) is 80.9 Å². The Labute approximate surface area is 210 Å². The highest BCUT2D eigenvalue weighted by molar-refractivity contribution is 7.80. The molecule has 0 spiro atoms. The normalized spacial score (nSPS) is 17.7. The van der Waals surface area contributed by atoms with Crippen molar-refractivity contribution in [2.24, 2.45) is 0 Å². The summed E-state index contributed by atoms with van der Waals surface area (Å²) < 4.78 is 7.07. The van der Waals surface area contributed by atoms with Crippen molar-refractivity contribution < 1.29 is 9.53 Å². The predicted octanol–water partition coefficient (Wildman–Crippen LogP) is 5.38. The molecular weight excluding hydrogens is 468 g/mol. The highest BCUT2D eigenvalue weighted by atomic mass is 35.5. The van der Waals surface area contributed by atoms with Crippen molar-refractivity contribution in [2.45, 2.75) is 45.7 Å². The number of ether oxygens (including phenoxy) is 1. The lowest BCUT2D eigenvalue weighted by molar-refractivity contribution is -0.140. The van der Waals surface area contributed by atoms with Gasteiger partial charge in [0.1, 0.15) is 0 Å². The fraction of sp³-hybridized carbons (Fsp3) is 0.346. The van der Waals surface area contributed by atoms with Crippen LogP contribution in [0.1, 0.15) is 53.1 Å². The SMILES string of the molecule is COC(=O)CCCN1C(=S)N[C@@H](c2ccccn2)[C@@H]1c1cc(C)n(-c2cccc(Cl)c2C)c1C. The third-order valence-corrected chi connectivity index (χ3v) is 7.24. The van der Waals surface area contributed by atoms with Gasteiger partial charge in [-0.1, -0.05) is 23.7 Å². The van der Waals surface area contributed by atoms with Crippen molar-refractivity contribution in [3.05, 3.63) is 81.9 Å². The fourth-order valence-corrected chi connectivity index (χ4v) is 5.28. The van der Waals surface area contributed by atoms with E-state index in [0.29, 0.717) is 24.5 Å². The van der Waals surface area contributed by atoms with E-state index in [9.17, 15) is 4.79 Å². The highest BCUT2D eigenvalue weighted by Gasteiger charge is 2.41.